The quantitative estimate of drug-likeness (QED) is 0.759. The summed E-state index contributed by atoms with van der Waals surface area (Å²) >= 11 is 0. The molecule has 1 aromatic carbocycles. The summed E-state index contributed by atoms with van der Waals surface area (Å²) in [6.45, 7) is 5.92. The number of aryl methyl sites for hydroxylation is 2. The molecule has 4 rings (SSSR count). The van der Waals surface area contributed by atoms with Crippen molar-refractivity contribution >= 4 is 11.2 Å². The van der Waals surface area contributed by atoms with Crippen LogP contribution in [-0.2, 0) is 0 Å². The van der Waals surface area contributed by atoms with Crippen molar-refractivity contribution < 1.29 is 5.11 Å². The van der Waals surface area contributed by atoms with E-state index in [0.29, 0.717) is 11.6 Å². The van der Waals surface area contributed by atoms with Gasteiger partial charge in [-0.15, -0.1) is 0 Å². The highest BCUT2D eigenvalue weighted by molar-refractivity contribution is 5.78. The van der Waals surface area contributed by atoms with Crippen LogP contribution in [0.25, 0.3) is 22.4 Å². The monoisotopic (exact) mass is 320 g/mol. The summed E-state index contributed by atoms with van der Waals surface area (Å²) in [4.78, 5) is 13.9. The van der Waals surface area contributed by atoms with Gasteiger partial charge in [-0.05, 0) is 56.1 Å². The number of pyridine rings is 1. The van der Waals surface area contributed by atoms with E-state index in [1.165, 1.54) is 0 Å². The first-order valence-corrected chi connectivity index (χ1v) is 8.27. The Morgan fingerprint density at radius 3 is 2.79 bits per heavy atom. The summed E-state index contributed by atoms with van der Waals surface area (Å²) in [7, 11) is 0. The lowest BCUT2D eigenvalue weighted by molar-refractivity contribution is 0.476. The molecule has 0 saturated carbocycles. The molecule has 0 aliphatic carbocycles. The number of hydrogen-bond acceptors (Lipinski definition) is 5. The van der Waals surface area contributed by atoms with E-state index in [-0.39, 0.29) is 5.75 Å². The van der Waals surface area contributed by atoms with Crippen LogP contribution in [0.1, 0.15) is 29.2 Å². The second-order valence-electron chi connectivity index (χ2n) is 6.50. The molecule has 0 unspecified atom stereocenters. The van der Waals surface area contributed by atoms with Gasteiger partial charge in [0.1, 0.15) is 11.3 Å². The van der Waals surface area contributed by atoms with E-state index in [2.05, 4.69) is 15.3 Å². The molecule has 3 aromatic rings. The number of phenolic OH excluding ortho intramolecular Hbond substituents is 1. The molecule has 0 bridgehead atoms. The minimum atomic E-state index is 0.253. The lowest BCUT2D eigenvalue weighted by Gasteiger charge is -2.11. The maximum absolute atomic E-state index is 10.3. The fourth-order valence-corrected chi connectivity index (χ4v) is 3.43. The smallest absolute Gasteiger partial charge is 0.179 e. The van der Waals surface area contributed by atoms with Gasteiger partial charge in [-0.25, -0.2) is 9.97 Å². The molecule has 1 aliphatic rings. The van der Waals surface area contributed by atoms with Crippen molar-refractivity contribution in [2.24, 2.45) is 0 Å². The van der Waals surface area contributed by atoms with E-state index >= 15 is 0 Å². The summed E-state index contributed by atoms with van der Waals surface area (Å²) in [6, 6.07) is 7.62. The van der Waals surface area contributed by atoms with Crippen LogP contribution in [-0.4, -0.2) is 33.1 Å². The SMILES string of the molecule is Cc1cc(C)c(-c2ccc3ncc([C@H]4CCNC4)nc3n2)c(O)c1. The summed E-state index contributed by atoms with van der Waals surface area (Å²) in [5.41, 5.74) is 5.93. The van der Waals surface area contributed by atoms with Crippen LogP contribution < -0.4 is 5.32 Å². The number of benzene rings is 1. The van der Waals surface area contributed by atoms with Crippen LogP contribution >= 0.6 is 0 Å². The molecule has 0 spiro atoms. The van der Waals surface area contributed by atoms with Gasteiger partial charge in [-0.1, -0.05) is 6.07 Å². The standard InChI is InChI=1S/C19H20N4O/c1-11-7-12(2)18(17(24)8-11)14-3-4-15-19(22-14)23-16(10-21-15)13-5-6-20-9-13/h3-4,7-8,10,13,20,24H,5-6,9H2,1-2H3/t13-/m0/s1. The number of aromatic hydroxyl groups is 1. The van der Waals surface area contributed by atoms with Crippen LogP contribution in [0.15, 0.2) is 30.5 Å². The third kappa shape index (κ3) is 2.61. The summed E-state index contributed by atoms with van der Waals surface area (Å²) < 4.78 is 0. The van der Waals surface area contributed by atoms with E-state index in [9.17, 15) is 5.11 Å². The number of phenols is 1. The molecule has 1 atom stereocenters. The third-order valence-corrected chi connectivity index (χ3v) is 4.62. The van der Waals surface area contributed by atoms with Gasteiger partial charge in [0.05, 0.1) is 11.4 Å². The zero-order valence-electron chi connectivity index (χ0n) is 13.9. The number of aromatic nitrogens is 3. The highest BCUT2D eigenvalue weighted by atomic mass is 16.3. The molecule has 2 aromatic heterocycles. The van der Waals surface area contributed by atoms with Crippen LogP contribution in [0.5, 0.6) is 5.75 Å². The first-order chi connectivity index (χ1) is 11.6. The Bertz CT molecular complexity index is 893. The summed E-state index contributed by atoms with van der Waals surface area (Å²) in [5.74, 6) is 0.658. The molecule has 1 aliphatic heterocycles. The van der Waals surface area contributed by atoms with Gasteiger partial charge in [0, 0.05) is 24.2 Å². The molecule has 5 nitrogen and oxygen atoms in total. The van der Waals surface area contributed by atoms with Crippen molar-refractivity contribution in [1.29, 1.82) is 0 Å². The maximum atomic E-state index is 10.3. The van der Waals surface area contributed by atoms with Gasteiger partial charge in [0.15, 0.2) is 5.65 Å². The average Bonchev–Trinajstić information content (AvgIpc) is 3.07. The predicted octanol–water partition coefficient (Wildman–Crippen LogP) is 3.09. The van der Waals surface area contributed by atoms with Crippen molar-refractivity contribution in [3.63, 3.8) is 0 Å². The Kier molecular flexibility index (Phi) is 3.65. The maximum Gasteiger partial charge on any atom is 0.179 e. The molecule has 1 saturated heterocycles. The Morgan fingerprint density at radius 2 is 2.04 bits per heavy atom. The van der Waals surface area contributed by atoms with Crippen molar-refractivity contribution in [1.82, 2.24) is 20.3 Å². The fourth-order valence-electron chi connectivity index (χ4n) is 3.43. The average molecular weight is 320 g/mol. The van der Waals surface area contributed by atoms with E-state index in [1.807, 2.05) is 38.2 Å². The Balaban J connectivity index is 1.82. The van der Waals surface area contributed by atoms with Crippen molar-refractivity contribution in [3.05, 3.63) is 47.3 Å². The number of fused-ring (bicyclic) bond motifs is 1. The number of rotatable bonds is 2. The Hall–Kier alpha value is -2.53. The molecule has 3 heterocycles. The number of nitrogens with zero attached hydrogens (tertiary/aromatic N) is 3. The van der Waals surface area contributed by atoms with Gasteiger partial charge < -0.3 is 10.4 Å². The molecule has 122 valence electrons. The van der Waals surface area contributed by atoms with Gasteiger partial charge in [0.2, 0.25) is 0 Å². The van der Waals surface area contributed by atoms with E-state index in [1.54, 1.807) is 6.07 Å². The largest absolute Gasteiger partial charge is 0.507 e. The predicted molar refractivity (Wildman–Crippen MR) is 94.1 cm³/mol. The first-order valence-electron chi connectivity index (χ1n) is 8.27. The Labute approximate surface area is 140 Å². The number of nitrogens with one attached hydrogen (secondary N) is 1. The molecule has 5 heteroatoms. The first kappa shape index (κ1) is 15.0. The van der Waals surface area contributed by atoms with Crippen LogP contribution in [0.2, 0.25) is 0 Å². The van der Waals surface area contributed by atoms with Crippen molar-refractivity contribution in [3.8, 4) is 17.0 Å². The van der Waals surface area contributed by atoms with Crippen molar-refractivity contribution in [2.75, 3.05) is 13.1 Å². The lowest BCUT2D eigenvalue weighted by atomic mass is 10.0. The van der Waals surface area contributed by atoms with E-state index in [0.717, 1.165) is 53.1 Å². The summed E-state index contributed by atoms with van der Waals surface area (Å²) in [5, 5.41) is 13.7. The van der Waals surface area contributed by atoms with E-state index < -0.39 is 0 Å². The lowest BCUT2D eigenvalue weighted by Crippen LogP contribution is -2.09. The molecule has 1 fully saturated rings. The molecular weight excluding hydrogens is 300 g/mol. The highest BCUT2D eigenvalue weighted by Gasteiger charge is 2.19. The topological polar surface area (TPSA) is 70.9 Å². The van der Waals surface area contributed by atoms with Crippen LogP contribution in [0.3, 0.4) is 0 Å². The summed E-state index contributed by atoms with van der Waals surface area (Å²) in [6.07, 6.45) is 2.94. The minimum absolute atomic E-state index is 0.253. The zero-order chi connectivity index (χ0) is 16.7. The number of hydrogen-bond donors (Lipinski definition) is 2. The third-order valence-electron chi connectivity index (χ3n) is 4.62. The normalized spacial score (nSPS) is 17.5. The fraction of sp³-hybridized carbons (Fsp3) is 0.316. The van der Waals surface area contributed by atoms with E-state index in [4.69, 9.17) is 4.98 Å². The van der Waals surface area contributed by atoms with Gasteiger partial charge in [-0.3, -0.25) is 4.98 Å². The second kappa shape index (κ2) is 5.83. The zero-order valence-corrected chi connectivity index (χ0v) is 13.9. The molecule has 0 amide bonds. The molecule has 2 N–H and O–H groups in total. The molecule has 24 heavy (non-hydrogen) atoms. The molecular formula is C19H20N4O. The minimum Gasteiger partial charge on any atom is -0.507 e. The van der Waals surface area contributed by atoms with Gasteiger partial charge >= 0.3 is 0 Å². The van der Waals surface area contributed by atoms with Gasteiger partial charge in [0.25, 0.3) is 0 Å². The Morgan fingerprint density at radius 1 is 1.17 bits per heavy atom. The van der Waals surface area contributed by atoms with Crippen LogP contribution in [0, 0.1) is 13.8 Å². The van der Waals surface area contributed by atoms with Crippen molar-refractivity contribution in [2.45, 2.75) is 26.2 Å². The molecule has 0 radical (unpaired) electrons. The van der Waals surface area contributed by atoms with Gasteiger partial charge in [-0.2, -0.15) is 0 Å². The van der Waals surface area contributed by atoms with Crippen LogP contribution in [0.4, 0.5) is 0 Å². The second-order valence-corrected chi connectivity index (χ2v) is 6.50. The highest BCUT2D eigenvalue weighted by Crippen LogP contribution is 2.33.